The molecule has 4 heterocycles. The standard InChI is InChI=1S/C34H43ClN8O3/c1-20-7-10-26-24(18-36-39-26)27(20)28-25(35)17-23-29(30(28)45-22-8-9-22)37-32(43-12-11-21(19-43)40(5)6)38-31(23)41-13-15-42(16-14-41)33(44)46-34(2,3)4/h7,10,17-18,21-22H,8-9,11-16,19H2,1-6H3,(H,36,39). The van der Waals surface area contributed by atoms with Gasteiger partial charge in [-0.3, -0.25) is 5.10 Å². The highest BCUT2D eigenvalue weighted by molar-refractivity contribution is 6.35. The third-order valence-electron chi connectivity index (χ3n) is 9.16. The third kappa shape index (κ3) is 5.90. The molecule has 46 heavy (non-hydrogen) atoms. The number of benzene rings is 2. The molecule has 0 bridgehead atoms. The van der Waals surface area contributed by atoms with Crippen LogP contribution in [0.1, 0.15) is 45.6 Å². The molecule has 2 saturated heterocycles. The summed E-state index contributed by atoms with van der Waals surface area (Å²) >= 11 is 7.27. The lowest BCUT2D eigenvalue weighted by molar-refractivity contribution is 0.0240. The maximum absolute atomic E-state index is 12.9. The van der Waals surface area contributed by atoms with Crippen LogP contribution < -0.4 is 14.5 Å². The van der Waals surface area contributed by atoms with Gasteiger partial charge in [-0.15, -0.1) is 0 Å². The van der Waals surface area contributed by atoms with Crippen LogP contribution in [0.25, 0.3) is 32.9 Å². The van der Waals surface area contributed by atoms with Gasteiger partial charge in [0.15, 0.2) is 5.75 Å². The Labute approximate surface area is 274 Å². The Morgan fingerprint density at radius 1 is 1.00 bits per heavy atom. The number of carbonyl (C=O) groups is 1. The molecule has 2 aliphatic heterocycles. The SMILES string of the molecule is Cc1ccc2[nH]ncc2c1-c1c(Cl)cc2c(N3CCN(C(=O)OC(C)(C)C)CC3)nc(N3CCC(N(C)C)C3)nc2c1OC1CC1. The summed E-state index contributed by atoms with van der Waals surface area (Å²) in [7, 11) is 4.25. The summed E-state index contributed by atoms with van der Waals surface area (Å²) in [5, 5.41) is 9.86. The van der Waals surface area contributed by atoms with Crippen LogP contribution in [-0.4, -0.2) is 107 Å². The van der Waals surface area contributed by atoms with Crippen LogP contribution in [0.15, 0.2) is 24.4 Å². The zero-order chi connectivity index (χ0) is 32.3. The molecule has 1 N–H and O–H groups in total. The summed E-state index contributed by atoms with van der Waals surface area (Å²) in [6.07, 6.45) is 4.72. The molecule has 4 aromatic rings. The molecule has 1 amide bonds. The fourth-order valence-corrected chi connectivity index (χ4v) is 6.78. The Hall–Kier alpha value is -3.83. The van der Waals surface area contributed by atoms with Crippen molar-refractivity contribution >= 4 is 51.3 Å². The minimum Gasteiger partial charge on any atom is -0.487 e. The van der Waals surface area contributed by atoms with Crippen molar-refractivity contribution < 1.29 is 14.3 Å². The normalized spacial score (nSPS) is 19.1. The maximum atomic E-state index is 12.9. The topological polar surface area (TPSA) is 103 Å². The average Bonchev–Trinajstić information content (AvgIpc) is 3.46. The first-order valence-electron chi connectivity index (χ1n) is 16.2. The molecule has 2 aromatic carbocycles. The first-order valence-corrected chi connectivity index (χ1v) is 16.6. The van der Waals surface area contributed by atoms with Gasteiger partial charge in [-0.25, -0.2) is 9.78 Å². The number of likely N-dealkylation sites (N-methyl/N-ethyl adjacent to an activating group) is 1. The van der Waals surface area contributed by atoms with Gasteiger partial charge < -0.3 is 29.1 Å². The van der Waals surface area contributed by atoms with Crippen LogP contribution in [0.4, 0.5) is 16.6 Å². The lowest BCUT2D eigenvalue weighted by Crippen LogP contribution is -2.50. The fraction of sp³-hybridized carbons (Fsp3) is 0.529. The summed E-state index contributed by atoms with van der Waals surface area (Å²) in [6.45, 7) is 11.8. The van der Waals surface area contributed by atoms with Crippen LogP contribution in [0, 0.1) is 6.92 Å². The molecule has 0 radical (unpaired) electrons. The van der Waals surface area contributed by atoms with Crippen molar-refractivity contribution in [3.8, 4) is 16.9 Å². The number of hydrogen-bond donors (Lipinski definition) is 1. The number of nitrogens with zero attached hydrogens (tertiary/aromatic N) is 7. The second-order valence-electron chi connectivity index (χ2n) is 14.0. The average molecular weight is 647 g/mol. The highest BCUT2D eigenvalue weighted by Gasteiger charge is 2.34. The molecular weight excluding hydrogens is 604 g/mol. The van der Waals surface area contributed by atoms with E-state index in [0.717, 1.165) is 76.7 Å². The van der Waals surface area contributed by atoms with Gasteiger partial charge in [-0.2, -0.15) is 10.1 Å². The zero-order valence-corrected chi connectivity index (χ0v) is 28.3. The number of halogens is 1. The molecule has 3 aliphatic rings. The summed E-state index contributed by atoms with van der Waals surface area (Å²) in [6, 6.07) is 6.55. The van der Waals surface area contributed by atoms with E-state index in [1.807, 2.05) is 39.1 Å². The number of aromatic amines is 1. The molecule has 11 nitrogen and oxygen atoms in total. The number of amides is 1. The van der Waals surface area contributed by atoms with Gasteiger partial charge >= 0.3 is 6.09 Å². The smallest absolute Gasteiger partial charge is 0.410 e. The molecule has 1 saturated carbocycles. The van der Waals surface area contributed by atoms with E-state index in [0.29, 0.717) is 48.9 Å². The van der Waals surface area contributed by atoms with E-state index in [-0.39, 0.29) is 12.2 Å². The number of fused-ring (bicyclic) bond motifs is 2. The van der Waals surface area contributed by atoms with E-state index in [4.69, 9.17) is 31.0 Å². The van der Waals surface area contributed by atoms with Gasteiger partial charge in [0.1, 0.15) is 16.9 Å². The number of aromatic nitrogens is 4. The second-order valence-corrected chi connectivity index (χ2v) is 14.4. The highest BCUT2D eigenvalue weighted by Crippen LogP contribution is 2.49. The number of ether oxygens (including phenoxy) is 2. The molecule has 0 spiro atoms. The van der Waals surface area contributed by atoms with Gasteiger partial charge in [0.25, 0.3) is 0 Å². The minimum absolute atomic E-state index is 0.119. The molecule has 7 rings (SSSR count). The number of rotatable bonds is 6. The number of aryl methyl sites for hydroxylation is 1. The largest absolute Gasteiger partial charge is 0.487 e. The fourth-order valence-electron chi connectivity index (χ4n) is 6.49. The van der Waals surface area contributed by atoms with Crippen molar-refractivity contribution in [1.82, 2.24) is 30.0 Å². The van der Waals surface area contributed by atoms with Crippen LogP contribution in [0.5, 0.6) is 5.75 Å². The number of anilines is 2. The summed E-state index contributed by atoms with van der Waals surface area (Å²) in [5.74, 6) is 2.19. The monoisotopic (exact) mass is 646 g/mol. The van der Waals surface area contributed by atoms with E-state index in [1.54, 1.807) is 4.90 Å². The summed E-state index contributed by atoms with van der Waals surface area (Å²) < 4.78 is 12.4. The number of nitrogens with one attached hydrogen (secondary N) is 1. The number of H-pyrrole nitrogens is 1. The van der Waals surface area contributed by atoms with Crippen molar-refractivity contribution in [3.63, 3.8) is 0 Å². The maximum Gasteiger partial charge on any atom is 0.410 e. The lowest BCUT2D eigenvalue weighted by Gasteiger charge is -2.37. The van der Waals surface area contributed by atoms with E-state index in [9.17, 15) is 4.79 Å². The molecule has 3 fully saturated rings. The number of carbonyl (C=O) groups excluding carboxylic acids is 1. The first kappa shape index (κ1) is 30.8. The van der Waals surface area contributed by atoms with E-state index in [1.165, 1.54) is 0 Å². The summed E-state index contributed by atoms with van der Waals surface area (Å²) in [5.41, 5.74) is 4.07. The first-order chi connectivity index (χ1) is 22.0. The third-order valence-corrected chi connectivity index (χ3v) is 9.46. The van der Waals surface area contributed by atoms with Crippen molar-refractivity contribution in [2.24, 2.45) is 0 Å². The quantitative estimate of drug-likeness (QED) is 0.275. The van der Waals surface area contributed by atoms with Gasteiger partial charge in [0.05, 0.1) is 22.8 Å². The van der Waals surface area contributed by atoms with Crippen LogP contribution in [0.3, 0.4) is 0 Å². The second kappa shape index (κ2) is 11.8. The predicted molar refractivity (Wildman–Crippen MR) is 182 cm³/mol. The number of hydrogen-bond acceptors (Lipinski definition) is 9. The molecule has 1 atom stereocenters. The Kier molecular flexibility index (Phi) is 7.87. The van der Waals surface area contributed by atoms with Crippen LogP contribution >= 0.6 is 11.6 Å². The Morgan fingerprint density at radius 2 is 1.76 bits per heavy atom. The molecule has 12 heteroatoms. The van der Waals surface area contributed by atoms with E-state index in [2.05, 4.69) is 52.0 Å². The molecule has 1 aliphatic carbocycles. The van der Waals surface area contributed by atoms with Crippen molar-refractivity contribution in [3.05, 3.63) is 35.0 Å². The van der Waals surface area contributed by atoms with Gasteiger partial charge in [0, 0.05) is 67.2 Å². The molecule has 244 valence electrons. The van der Waals surface area contributed by atoms with Crippen molar-refractivity contribution in [1.29, 1.82) is 0 Å². The predicted octanol–water partition coefficient (Wildman–Crippen LogP) is 5.87. The molecular formula is C34H43ClN8O3. The highest BCUT2D eigenvalue weighted by atomic mass is 35.5. The Bertz CT molecular complexity index is 1790. The molecule has 1 unspecified atom stereocenters. The van der Waals surface area contributed by atoms with E-state index < -0.39 is 5.60 Å². The minimum atomic E-state index is -0.544. The van der Waals surface area contributed by atoms with Crippen molar-refractivity contribution in [2.45, 2.75) is 64.7 Å². The van der Waals surface area contributed by atoms with Gasteiger partial charge in [-0.05, 0) is 78.7 Å². The Morgan fingerprint density at radius 3 is 2.43 bits per heavy atom. The van der Waals surface area contributed by atoms with Crippen LogP contribution in [0.2, 0.25) is 5.02 Å². The van der Waals surface area contributed by atoms with Crippen molar-refractivity contribution in [2.75, 3.05) is 63.2 Å². The molecule has 2 aromatic heterocycles. The van der Waals surface area contributed by atoms with Gasteiger partial charge in [0.2, 0.25) is 5.95 Å². The zero-order valence-electron chi connectivity index (χ0n) is 27.6. The Balaban J connectivity index is 1.37. The summed E-state index contributed by atoms with van der Waals surface area (Å²) in [4.78, 5) is 31.9. The van der Waals surface area contributed by atoms with Gasteiger partial charge in [-0.1, -0.05) is 17.7 Å². The lowest BCUT2D eigenvalue weighted by atomic mass is 9.94. The van der Waals surface area contributed by atoms with E-state index >= 15 is 0 Å². The van der Waals surface area contributed by atoms with Crippen LogP contribution in [-0.2, 0) is 4.74 Å². The number of piperazine rings is 1.